The van der Waals surface area contributed by atoms with Gasteiger partial charge in [-0.3, -0.25) is 4.79 Å². The summed E-state index contributed by atoms with van der Waals surface area (Å²) in [6, 6.07) is 0.422. The smallest absolute Gasteiger partial charge is 0.222 e. The zero-order valence-corrected chi connectivity index (χ0v) is 10.1. The Hall–Kier alpha value is -0.320. The van der Waals surface area contributed by atoms with Crippen molar-refractivity contribution in [1.29, 1.82) is 0 Å². The van der Waals surface area contributed by atoms with Gasteiger partial charge in [-0.05, 0) is 25.7 Å². The fourth-order valence-corrected chi connectivity index (χ4v) is 2.28. The highest BCUT2D eigenvalue weighted by atomic mass is 35.5. The molecule has 4 nitrogen and oxygen atoms in total. The van der Waals surface area contributed by atoms with Crippen molar-refractivity contribution in [2.24, 2.45) is 17.6 Å². The van der Waals surface area contributed by atoms with Crippen LogP contribution in [0, 0.1) is 11.8 Å². The van der Waals surface area contributed by atoms with E-state index in [9.17, 15) is 4.79 Å². The minimum absolute atomic E-state index is 0. The number of carbonyl (C=O) groups excluding carboxylic acids is 1. The summed E-state index contributed by atoms with van der Waals surface area (Å²) in [5.74, 6) is 1.46. The minimum atomic E-state index is -0.396. The molecule has 1 heterocycles. The summed E-state index contributed by atoms with van der Waals surface area (Å²) in [4.78, 5) is 11.5. The number of hydrogen-bond donors (Lipinski definition) is 3. The predicted molar refractivity (Wildman–Crippen MR) is 61.9 cm³/mol. The topological polar surface area (TPSA) is 67.2 Å². The van der Waals surface area contributed by atoms with E-state index in [2.05, 4.69) is 10.6 Å². The molecule has 4 N–H and O–H groups in total. The minimum Gasteiger partial charge on any atom is -0.353 e. The van der Waals surface area contributed by atoms with Crippen LogP contribution < -0.4 is 16.4 Å². The van der Waals surface area contributed by atoms with Crippen LogP contribution in [0.15, 0.2) is 0 Å². The van der Waals surface area contributed by atoms with Crippen LogP contribution in [0.1, 0.15) is 20.3 Å². The molecule has 0 radical (unpaired) electrons. The van der Waals surface area contributed by atoms with E-state index in [0.29, 0.717) is 24.3 Å². The average Bonchev–Trinajstić information content (AvgIpc) is 2.50. The third-order valence-corrected chi connectivity index (χ3v) is 3.04. The van der Waals surface area contributed by atoms with Crippen molar-refractivity contribution in [3.8, 4) is 0 Å². The molecule has 1 aliphatic heterocycles. The molecule has 15 heavy (non-hydrogen) atoms. The van der Waals surface area contributed by atoms with Crippen LogP contribution in [0.2, 0.25) is 0 Å². The second-order valence-corrected chi connectivity index (χ2v) is 5.24. The van der Waals surface area contributed by atoms with E-state index in [1.807, 2.05) is 13.8 Å². The van der Waals surface area contributed by atoms with Crippen LogP contribution in [-0.4, -0.2) is 30.6 Å². The number of nitrogens with one attached hydrogen (secondary N) is 2. The summed E-state index contributed by atoms with van der Waals surface area (Å²) >= 11 is 0. The summed E-state index contributed by atoms with van der Waals surface area (Å²) in [6.07, 6.45) is 0.413. The number of carbonyl (C=O) groups is 1. The molecule has 5 heteroatoms. The van der Waals surface area contributed by atoms with Crippen LogP contribution in [-0.2, 0) is 4.79 Å². The largest absolute Gasteiger partial charge is 0.353 e. The Bertz CT molecular complexity index is 242. The van der Waals surface area contributed by atoms with Gasteiger partial charge in [-0.25, -0.2) is 0 Å². The Labute approximate surface area is 96.8 Å². The molecule has 1 unspecified atom stereocenters. The zero-order chi connectivity index (χ0) is 10.3. The third kappa shape index (κ3) is 3.06. The fraction of sp³-hybridized carbons (Fsp3) is 0.900. The molecule has 0 aromatic rings. The molecule has 88 valence electrons. The highest BCUT2D eigenvalue weighted by molar-refractivity contribution is 5.85. The van der Waals surface area contributed by atoms with Crippen LogP contribution in [0.25, 0.3) is 0 Å². The standard InChI is InChI=1S/C10H19N3O.ClH/c1-10(2,11)3-8(14)13-9-6-4-12-5-7(6)9;/h6-7,9,12H,3-5,11H2,1-2H3,(H,13,14);1H/t6-,7+,9?;. The number of rotatable bonds is 3. The molecule has 1 saturated heterocycles. The lowest BCUT2D eigenvalue weighted by Crippen LogP contribution is -2.41. The Morgan fingerprint density at radius 1 is 1.47 bits per heavy atom. The van der Waals surface area contributed by atoms with E-state index in [0.717, 1.165) is 13.1 Å². The highest BCUT2D eigenvalue weighted by Crippen LogP contribution is 2.41. The fourth-order valence-electron chi connectivity index (χ4n) is 2.28. The maximum absolute atomic E-state index is 11.5. The van der Waals surface area contributed by atoms with E-state index < -0.39 is 5.54 Å². The zero-order valence-electron chi connectivity index (χ0n) is 9.25. The Morgan fingerprint density at radius 3 is 2.47 bits per heavy atom. The number of nitrogens with two attached hydrogens (primary N) is 1. The Morgan fingerprint density at radius 2 is 2.00 bits per heavy atom. The quantitative estimate of drug-likeness (QED) is 0.636. The van der Waals surface area contributed by atoms with Gasteiger partial charge in [0.05, 0.1) is 0 Å². The van der Waals surface area contributed by atoms with Crippen molar-refractivity contribution in [2.75, 3.05) is 13.1 Å². The van der Waals surface area contributed by atoms with Gasteiger partial charge in [0.2, 0.25) is 5.91 Å². The maximum Gasteiger partial charge on any atom is 0.222 e. The number of amides is 1. The molecule has 0 aromatic carbocycles. The molecule has 3 atom stereocenters. The second kappa shape index (κ2) is 4.28. The highest BCUT2D eigenvalue weighted by Gasteiger charge is 2.53. The molecule has 1 amide bonds. The first-order valence-electron chi connectivity index (χ1n) is 5.26. The van der Waals surface area contributed by atoms with Crippen LogP contribution in [0.5, 0.6) is 0 Å². The third-order valence-electron chi connectivity index (χ3n) is 3.04. The van der Waals surface area contributed by atoms with Gasteiger partial charge in [0.1, 0.15) is 0 Å². The van der Waals surface area contributed by atoms with Crippen molar-refractivity contribution >= 4 is 18.3 Å². The summed E-state index contributed by atoms with van der Waals surface area (Å²) in [7, 11) is 0. The number of halogens is 1. The molecular weight excluding hydrogens is 214 g/mol. The van der Waals surface area contributed by atoms with Crippen molar-refractivity contribution in [2.45, 2.75) is 31.8 Å². The molecule has 1 aliphatic carbocycles. The number of piperidine rings is 1. The van der Waals surface area contributed by atoms with Gasteiger partial charge >= 0.3 is 0 Å². The summed E-state index contributed by atoms with van der Waals surface area (Å²) in [5, 5.41) is 6.35. The monoisotopic (exact) mass is 233 g/mol. The van der Waals surface area contributed by atoms with E-state index in [1.165, 1.54) is 0 Å². The van der Waals surface area contributed by atoms with Gasteiger partial charge < -0.3 is 16.4 Å². The van der Waals surface area contributed by atoms with E-state index >= 15 is 0 Å². The molecule has 0 bridgehead atoms. The first-order chi connectivity index (χ1) is 6.47. The van der Waals surface area contributed by atoms with Gasteiger partial charge in [-0.15, -0.1) is 12.4 Å². The molecule has 2 aliphatic rings. The number of fused-ring (bicyclic) bond motifs is 1. The lowest BCUT2D eigenvalue weighted by Gasteiger charge is -2.18. The SMILES string of the molecule is CC(C)(N)CC(=O)NC1[C@H]2CNC[C@@H]12.Cl. The average molecular weight is 234 g/mol. The van der Waals surface area contributed by atoms with Crippen LogP contribution >= 0.6 is 12.4 Å². The van der Waals surface area contributed by atoms with Gasteiger partial charge in [0.15, 0.2) is 0 Å². The molecule has 2 fully saturated rings. The number of hydrogen-bond acceptors (Lipinski definition) is 3. The van der Waals surface area contributed by atoms with E-state index in [-0.39, 0.29) is 18.3 Å². The lowest BCUT2D eigenvalue weighted by molar-refractivity contribution is -0.122. The first-order valence-corrected chi connectivity index (χ1v) is 5.26. The van der Waals surface area contributed by atoms with Gasteiger partial charge in [0, 0.05) is 31.1 Å². The molecular formula is C10H20ClN3O. The molecule has 2 rings (SSSR count). The molecule has 0 aromatic heterocycles. The van der Waals surface area contributed by atoms with Crippen molar-refractivity contribution < 1.29 is 4.79 Å². The Balaban J connectivity index is 0.00000112. The normalized spacial score (nSPS) is 32.9. The predicted octanol–water partition coefficient (Wildman–Crippen LogP) is -0.130. The van der Waals surface area contributed by atoms with Gasteiger partial charge in [0.25, 0.3) is 0 Å². The van der Waals surface area contributed by atoms with Crippen molar-refractivity contribution in [3.05, 3.63) is 0 Å². The summed E-state index contributed by atoms with van der Waals surface area (Å²) in [6.45, 7) is 5.87. The first kappa shape index (κ1) is 12.7. The van der Waals surface area contributed by atoms with Crippen LogP contribution in [0.3, 0.4) is 0 Å². The van der Waals surface area contributed by atoms with Crippen LogP contribution in [0.4, 0.5) is 0 Å². The lowest BCUT2D eigenvalue weighted by atomic mass is 10.0. The second-order valence-electron chi connectivity index (χ2n) is 5.24. The maximum atomic E-state index is 11.5. The van der Waals surface area contributed by atoms with Gasteiger partial charge in [-0.1, -0.05) is 0 Å². The molecule has 0 spiro atoms. The summed E-state index contributed by atoms with van der Waals surface area (Å²) < 4.78 is 0. The van der Waals surface area contributed by atoms with E-state index in [4.69, 9.17) is 5.73 Å². The summed E-state index contributed by atoms with van der Waals surface area (Å²) in [5.41, 5.74) is 5.38. The van der Waals surface area contributed by atoms with Gasteiger partial charge in [-0.2, -0.15) is 0 Å². The Kier molecular flexibility index (Phi) is 3.63. The molecule has 1 saturated carbocycles. The van der Waals surface area contributed by atoms with Crippen molar-refractivity contribution in [3.63, 3.8) is 0 Å². The van der Waals surface area contributed by atoms with Crippen molar-refractivity contribution in [1.82, 2.24) is 10.6 Å². The van der Waals surface area contributed by atoms with E-state index in [1.54, 1.807) is 0 Å².